The van der Waals surface area contributed by atoms with Crippen molar-refractivity contribution in [3.63, 3.8) is 0 Å². The van der Waals surface area contributed by atoms with Gasteiger partial charge in [0.1, 0.15) is 6.04 Å². The third kappa shape index (κ3) is 7.25. The summed E-state index contributed by atoms with van der Waals surface area (Å²) in [4.78, 5) is 27.0. The number of rotatable bonds is 9. The molecule has 0 aliphatic carbocycles. The maximum atomic E-state index is 13.0. The number of benzene rings is 2. The third-order valence-electron chi connectivity index (χ3n) is 4.43. The maximum Gasteiger partial charge on any atom is 0.242 e. The van der Waals surface area contributed by atoms with Gasteiger partial charge in [-0.25, -0.2) is 0 Å². The van der Waals surface area contributed by atoms with Gasteiger partial charge in [-0.05, 0) is 44.0 Å². The predicted molar refractivity (Wildman–Crippen MR) is 122 cm³/mol. The molecule has 0 bridgehead atoms. The van der Waals surface area contributed by atoms with Crippen molar-refractivity contribution in [1.82, 2.24) is 10.2 Å². The Morgan fingerprint density at radius 1 is 1.10 bits per heavy atom. The fourth-order valence-electron chi connectivity index (χ4n) is 2.88. The van der Waals surface area contributed by atoms with Gasteiger partial charge in [0, 0.05) is 18.8 Å². The van der Waals surface area contributed by atoms with Crippen LogP contribution in [0.3, 0.4) is 0 Å². The predicted octanol–water partition coefficient (Wildman–Crippen LogP) is 5.09. The van der Waals surface area contributed by atoms with Gasteiger partial charge in [0.25, 0.3) is 0 Å². The first-order valence-corrected chi connectivity index (χ1v) is 11.4. The Morgan fingerprint density at radius 2 is 1.86 bits per heavy atom. The molecule has 2 rings (SSSR count). The third-order valence-corrected chi connectivity index (χ3v) is 6.16. The van der Waals surface area contributed by atoms with E-state index in [-0.39, 0.29) is 17.6 Å². The number of amides is 2. The van der Waals surface area contributed by atoms with E-state index in [0.29, 0.717) is 28.9 Å². The molecule has 29 heavy (non-hydrogen) atoms. The molecule has 1 atom stereocenters. The van der Waals surface area contributed by atoms with Gasteiger partial charge in [-0.15, -0.1) is 11.8 Å². The highest BCUT2D eigenvalue weighted by atomic mass is 35.5. The molecular formula is C22H26Cl2N2O2S. The van der Waals surface area contributed by atoms with Gasteiger partial charge in [-0.3, -0.25) is 9.59 Å². The van der Waals surface area contributed by atoms with E-state index in [1.807, 2.05) is 50.2 Å². The summed E-state index contributed by atoms with van der Waals surface area (Å²) >= 11 is 13.5. The van der Waals surface area contributed by atoms with E-state index in [9.17, 15) is 9.59 Å². The second-order valence-electron chi connectivity index (χ2n) is 6.82. The van der Waals surface area contributed by atoms with Crippen molar-refractivity contribution in [2.45, 2.75) is 39.1 Å². The van der Waals surface area contributed by atoms with Crippen LogP contribution in [-0.2, 0) is 21.9 Å². The lowest BCUT2D eigenvalue weighted by atomic mass is 10.1. The van der Waals surface area contributed by atoms with Crippen LogP contribution in [0.5, 0.6) is 0 Å². The molecule has 0 aliphatic heterocycles. The van der Waals surface area contributed by atoms with Crippen LogP contribution in [0.15, 0.2) is 42.5 Å². The zero-order valence-corrected chi connectivity index (χ0v) is 19.2. The van der Waals surface area contributed by atoms with E-state index >= 15 is 0 Å². The van der Waals surface area contributed by atoms with Crippen molar-refractivity contribution in [1.29, 1.82) is 0 Å². The molecule has 2 aromatic carbocycles. The van der Waals surface area contributed by atoms with Gasteiger partial charge < -0.3 is 10.2 Å². The number of carbonyl (C=O) groups excluding carboxylic acids is 2. The van der Waals surface area contributed by atoms with Gasteiger partial charge in [0.15, 0.2) is 0 Å². The number of hydrogen-bond acceptors (Lipinski definition) is 3. The molecule has 2 amide bonds. The Balaban J connectivity index is 2.06. The van der Waals surface area contributed by atoms with Gasteiger partial charge in [0.05, 0.1) is 15.8 Å². The van der Waals surface area contributed by atoms with Crippen molar-refractivity contribution in [3.8, 4) is 0 Å². The Morgan fingerprint density at radius 3 is 2.52 bits per heavy atom. The fourth-order valence-corrected chi connectivity index (χ4v) is 4.06. The summed E-state index contributed by atoms with van der Waals surface area (Å²) in [5, 5.41) is 3.82. The zero-order valence-electron chi connectivity index (χ0n) is 16.9. The van der Waals surface area contributed by atoms with E-state index in [1.165, 1.54) is 11.8 Å². The highest BCUT2D eigenvalue weighted by Gasteiger charge is 2.25. The Kier molecular flexibility index (Phi) is 9.34. The van der Waals surface area contributed by atoms with Crippen LogP contribution in [-0.4, -0.2) is 35.1 Å². The van der Waals surface area contributed by atoms with Crippen LogP contribution in [0.2, 0.25) is 10.0 Å². The number of likely N-dealkylation sites (N-methyl/N-ethyl adjacent to an activating group) is 1. The lowest BCUT2D eigenvalue weighted by molar-refractivity contribution is -0.138. The van der Waals surface area contributed by atoms with Crippen LogP contribution in [0.4, 0.5) is 0 Å². The summed E-state index contributed by atoms with van der Waals surface area (Å²) in [7, 11) is 0. The Labute approximate surface area is 187 Å². The number of carbonyl (C=O) groups is 2. The summed E-state index contributed by atoms with van der Waals surface area (Å²) in [5.41, 5.74) is 3.12. The first-order chi connectivity index (χ1) is 13.8. The van der Waals surface area contributed by atoms with Crippen LogP contribution >= 0.6 is 35.0 Å². The van der Waals surface area contributed by atoms with Crippen LogP contribution in [0.25, 0.3) is 0 Å². The maximum absolute atomic E-state index is 13.0. The number of aryl methyl sites for hydroxylation is 1. The second kappa shape index (κ2) is 11.5. The van der Waals surface area contributed by atoms with Gasteiger partial charge in [0.2, 0.25) is 11.8 Å². The van der Waals surface area contributed by atoms with Crippen LogP contribution < -0.4 is 5.32 Å². The first-order valence-electron chi connectivity index (χ1n) is 9.46. The molecule has 156 valence electrons. The van der Waals surface area contributed by atoms with E-state index in [1.54, 1.807) is 17.9 Å². The highest BCUT2D eigenvalue weighted by Crippen LogP contribution is 2.25. The fraction of sp³-hybridized carbons (Fsp3) is 0.364. The molecule has 2 aromatic rings. The molecule has 0 unspecified atom stereocenters. The van der Waals surface area contributed by atoms with Crippen molar-refractivity contribution in [3.05, 3.63) is 69.2 Å². The van der Waals surface area contributed by atoms with Crippen LogP contribution in [0, 0.1) is 6.92 Å². The number of hydrogen-bond donors (Lipinski definition) is 1. The summed E-state index contributed by atoms with van der Waals surface area (Å²) < 4.78 is 0. The largest absolute Gasteiger partial charge is 0.355 e. The number of halogens is 2. The molecular weight excluding hydrogens is 427 g/mol. The summed E-state index contributed by atoms with van der Waals surface area (Å²) in [5.74, 6) is 0.685. The van der Waals surface area contributed by atoms with Crippen molar-refractivity contribution >= 4 is 46.8 Å². The summed E-state index contributed by atoms with van der Waals surface area (Å²) in [6.07, 6.45) is 0. The number of nitrogens with zero attached hydrogens (tertiary/aromatic N) is 1. The molecule has 1 N–H and O–H groups in total. The van der Waals surface area contributed by atoms with Crippen molar-refractivity contribution < 1.29 is 9.59 Å². The molecule has 0 fully saturated rings. The average molecular weight is 453 g/mol. The number of thioether (sulfide) groups is 1. The Hall–Kier alpha value is -1.69. The number of nitrogens with one attached hydrogen (secondary N) is 1. The molecule has 4 nitrogen and oxygen atoms in total. The van der Waals surface area contributed by atoms with E-state index < -0.39 is 6.04 Å². The normalized spacial score (nSPS) is 11.8. The van der Waals surface area contributed by atoms with Crippen molar-refractivity contribution in [2.24, 2.45) is 0 Å². The minimum Gasteiger partial charge on any atom is -0.355 e. The van der Waals surface area contributed by atoms with Gasteiger partial charge in [-0.1, -0.05) is 59.1 Å². The minimum atomic E-state index is -0.548. The molecule has 0 aromatic heterocycles. The molecule has 0 saturated heterocycles. The lowest BCUT2D eigenvalue weighted by Crippen LogP contribution is -2.48. The second-order valence-corrected chi connectivity index (χ2v) is 8.62. The topological polar surface area (TPSA) is 49.4 Å². The minimum absolute atomic E-state index is 0.0738. The zero-order chi connectivity index (χ0) is 21.4. The lowest BCUT2D eigenvalue weighted by Gasteiger charge is -2.28. The average Bonchev–Trinajstić information content (AvgIpc) is 2.68. The molecule has 0 heterocycles. The van der Waals surface area contributed by atoms with E-state index in [0.717, 1.165) is 16.7 Å². The summed E-state index contributed by atoms with van der Waals surface area (Å²) in [6.45, 7) is 6.57. The van der Waals surface area contributed by atoms with Crippen molar-refractivity contribution in [2.75, 3.05) is 12.3 Å². The molecule has 0 saturated carbocycles. The van der Waals surface area contributed by atoms with E-state index in [2.05, 4.69) is 5.32 Å². The molecule has 7 heteroatoms. The van der Waals surface area contributed by atoms with Gasteiger partial charge in [-0.2, -0.15) is 0 Å². The molecule has 0 aliphatic rings. The summed E-state index contributed by atoms with van der Waals surface area (Å²) in [6, 6.07) is 12.9. The Bertz CT molecular complexity index is 860. The quantitative estimate of drug-likeness (QED) is 0.576. The molecule has 0 spiro atoms. The smallest absolute Gasteiger partial charge is 0.242 e. The van der Waals surface area contributed by atoms with E-state index in [4.69, 9.17) is 23.2 Å². The highest BCUT2D eigenvalue weighted by molar-refractivity contribution is 7.99. The standard InChI is InChI=1S/C22H26Cl2N2O2S/c1-4-25-22(28)16(3)26(12-17-7-5-6-15(2)10-17)21(27)14-29-13-18-8-9-19(23)20(24)11-18/h5-11,16H,4,12-14H2,1-3H3,(H,25,28)/t16-/m0/s1. The first kappa shape index (κ1) is 23.6. The van der Waals surface area contributed by atoms with Gasteiger partial charge >= 0.3 is 0 Å². The monoisotopic (exact) mass is 452 g/mol. The molecule has 0 radical (unpaired) electrons. The SMILES string of the molecule is CCNC(=O)[C@H](C)N(Cc1cccc(C)c1)C(=O)CSCc1ccc(Cl)c(Cl)c1. The van der Waals surface area contributed by atoms with Crippen LogP contribution in [0.1, 0.15) is 30.5 Å².